The molecule has 2 heterocycles. The van der Waals surface area contributed by atoms with Crippen molar-refractivity contribution in [1.82, 2.24) is 5.32 Å². The van der Waals surface area contributed by atoms with Crippen molar-refractivity contribution in [3.05, 3.63) is 62.8 Å². The van der Waals surface area contributed by atoms with Crippen LogP contribution in [0.4, 0.5) is 5.00 Å². The molecule has 2 aromatic heterocycles. The molecule has 0 unspecified atom stereocenters. The van der Waals surface area contributed by atoms with E-state index in [4.69, 9.17) is 28.6 Å². The average Bonchev–Trinajstić information content (AvgIpc) is 3.35. The molecule has 0 aliphatic rings. The highest BCUT2D eigenvalue weighted by Crippen LogP contribution is 2.42. The summed E-state index contributed by atoms with van der Waals surface area (Å²) >= 11 is 14.2. The summed E-state index contributed by atoms with van der Waals surface area (Å²) in [6, 6.07) is 10.4. The van der Waals surface area contributed by atoms with E-state index in [1.807, 2.05) is 24.4 Å². The zero-order valence-electron chi connectivity index (χ0n) is 16.3. The number of esters is 1. The van der Waals surface area contributed by atoms with Gasteiger partial charge in [-0.05, 0) is 61.3 Å². The predicted molar refractivity (Wildman–Crippen MR) is 128 cm³/mol. The number of halogens is 1. The Morgan fingerprint density at radius 2 is 1.90 bits per heavy atom. The van der Waals surface area contributed by atoms with Gasteiger partial charge in [0.15, 0.2) is 5.11 Å². The smallest absolute Gasteiger partial charge is 0.341 e. The predicted octanol–water partition coefficient (Wildman–Crippen LogP) is 6.00. The minimum atomic E-state index is -0.425. The van der Waals surface area contributed by atoms with Crippen LogP contribution in [-0.4, -0.2) is 23.6 Å². The van der Waals surface area contributed by atoms with E-state index in [-0.39, 0.29) is 17.6 Å². The highest BCUT2D eigenvalue weighted by molar-refractivity contribution is 7.80. The summed E-state index contributed by atoms with van der Waals surface area (Å²) in [6.07, 6.45) is 0.746. The van der Waals surface area contributed by atoms with Crippen LogP contribution in [0, 0.1) is 0 Å². The maximum atomic E-state index is 12.8. The molecule has 0 aliphatic heterocycles. The lowest BCUT2D eigenvalue weighted by molar-refractivity contribution is 0.0529. The summed E-state index contributed by atoms with van der Waals surface area (Å²) in [5.41, 5.74) is 1.71. The summed E-state index contributed by atoms with van der Waals surface area (Å²) in [7, 11) is 0. The highest BCUT2D eigenvalue weighted by atomic mass is 35.5. The van der Waals surface area contributed by atoms with Crippen LogP contribution in [-0.2, 0) is 11.2 Å². The van der Waals surface area contributed by atoms with Crippen LogP contribution >= 0.6 is 46.5 Å². The molecule has 3 aromatic rings. The van der Waals surface area contributed by atoms with Crippen molar-refractivity contribution >= 4 is 68.5 Å². The molecule has 0 radical (unpaired) electrons. The first-order chi connectivity index (χ1) is 14.4. The fourth-order valence-corrected chi connectivity index (χ4v) is 5.20. The molecule has 1 amide bonds. The van der Waals surface area contributed by atoms with Gasteiger partial charge in [0.25, 0.3) is 5.91 Å². The third-order valence-corrected chi connectivity index (χ3v) is 6.70. The van der Waals surface area contributed by atoms with E-state index in [0.29, 0.717) is 21.2 Å². The van der Waals surface area contributed by atoms with Crippen molar-refractivity contribution in [3.8, 4) is 10.4 Å². The number of nitrogens with one attached hydrogen (secondary N) is 2. The van der Waals surface area contributed by atoms with E-state index < -0.39 is 5.97 Å². The molecule has 2 N–H and O–H groups in total. The summed E-state index contributed by atoms with van der Waals surface area (Å²) in [4.78, 5) is 27.2. The molecule has 0 bridgehead atoms. The van der Waals surface area contributed by atoms with Crippen LogP contribution in [0.2, 0.25) is 5.02 Å². The van der Waals surface area contributed by atoms with Gasteiger partial charge >= 0.3 is 5.97 Å². The highest BCUT2D eigenvalue weighted by Gasteiger charge is 2.26. The van der Waals surface area contributed by atoms with E-state index in [2.05, 4.69) is 10.6 Å². The summed E-state index contributed by atoms with van der Waals surface area (Å²) in [5.74, 6) is -0.793. The number of thiophene rings is 2. The number of benzene rings is 1. The fraction of sp³-hybridized carbons (Fsp3) is 0.190. The first-order valence-electron chi connectivity index (χ1n) is 9.19. The topological polar surface area (TPSA) is 67.4 Å². The average molecular weight is 479 g/mol. The first kappa shape index (κ1) is 22.4. The Balaban J connectivity index is 1.89. The van der Waals surface area contributed by atoms with E-state index in [9.17, 15) is 9.59 Å². The maximum absolute atomic E-state index is 12.8. The van der Waals surface area contributed by atoms with Crippen LogP contribution in [0.3, 0.4) is 0 Å². The van der Waals surface area contributed by atoms with Crippen molar-refractivity contribution in [2.45, 2.75) is 20.3 Å². The molecule has 30 heavy (non-hydrogen) atoms. The second-order valence-corrected chi connectivity index (χ2v) is 8.97. The monoisotopic (exact) mass is 478 g/mol. The van der Waals surface area contributed by atoms with Crippen LogP contribution in [0.1, 0.15) is 39.4 Å². The van der Waals surface area contributed by atoms with Gasteiger partial charge in [-0.25, -0.2) is 4.79 Å². The Morgan fingerprint density at radius 3 is 2.50 bits per heavy atom. The molecule has 156 valence electrons. The molecule has 3 rings (SSSR count). The van der Waals surface area contributed by atoms with Crippen LogP contribution in [0.15, 0.2) is 41.8 Å². The third-order valence-electron chi connectivity index (χ3n) is 4.11. The van der Waals surface area contributed by atoms with Gasteiger partial charge in [0.2, 0.25) is 0 Å². The minimum Gasteiger partial charge on any atom is -0.462 e. The van der Waals surface area contributed by atoms with Gasteiger partial charge < -0.3 is 10.1 Å². The number of aryl methyl sites for hydroxylation is 1. The second kappa shape index (κ2) is 10.2. The first-order valence-corrected chi connectivity index (χ1v) is 11.7. The molecule has 9 heteroatoms. The lowest BCUT2D eigenvalue weighted by Crippen LogP contribution is -2.34. The van der Waals surface area contributed by atoms with E-state index in [0.717, 1.165) is 21.7 Å². The van der Waals surface area contributed by atoms with Crippen molar-refractivity contribution in [1.29, 1.82) is 0 Å². The Labute approximate surface area is 193 Å². The summed E-state index contributed by atoms with van der Waals surface area (Å²) < 4.78 is 5.30. The Bertz CT molecular complexity index is 1060. The van der Waals surface area contributed by atoms with Gasteiger partial charge in [0, 0.05) is 25.9 Å². The zero-order chi connectivity index (χ0) is 21.7. The minimum absolute atomic E-state index is 0.0992. The Hall–Kier alpha value is -2.26. The lowest BCUT2D eigenvalue weighted by Gasteiger charge is -2.11. The molecule has 0 aliphatic carbocycles. The number of hydrogen-bond acceptors (Lipinski definition) is 6. The number of anilines is 1. The third kappa shape index (κ3) is 5.07. The van der Waals surface area contributed by atoms with Gasteiger partial charge in [0.05, 0.1) is 6.61 Å². The van der Waals surface area contributed by atoms with E-state index in [1.165, 1.54) is 11.3 Å². The molecule has 0 fully saturated rings. The molecule has 5 nitrogen and oxygen atoms in total. The summed E-state index contributed by atoms with van der Waals surface area (Å²) in [5, 5.41) is 8.81. The van der Waals surface area contributed by atoms with Gasteiger partial charge in [-0.1, -0.05) is 24.6 Å². The van der Waals surface area contributed by atoms with Crippen LogP contribution in [0.5, 0.6) is 0 Å². The number of rotatable bonds is 6. The van der Waals surface area contributed by atoms with E-state index in [1.54, 1.807) is 42.5 Å². The molecule has 0 saturated heterocycles. The SMILES string of the molecule is CCOC(=O)c1c(NC(=S)NC(=O)c2ccc(Cl)cc2)sc(CC)c1-c1cccs1. The number of ether oxygens (including phenoxy) is 1. The van der Waals surface area contributed by atoms with Gasteiger partial charge in [-0.15, -0.1) is 22.7 Å². The van der Waals surface area contributed by atoms with Crippen LogP contribution in [0.25, 0.3) is 10.4 Å². The standard InChI is InChI=1S/C21H19ClN2O3S3/c1-3-14-16(15-6-5-11-29-15)17(20(26)27-4-2)19(30-14)24-21(28)23-18(25)12-7-9-13(22)10-8-12/h5-11H,3-4H2,1-2H3,(H2,23,24,25,28). The maximum Gasteiger partial charge on any atom is 0.341 e. The second-order valence-electron chi connectivity index (χ2n) is 6.07. The molecule has 0 atom stereocenters. The Kier molecular flexibility index (Phi) is 7.60. The van der Waals surface area contributed by atoms with Crippen molar-refractivity contribution in [2.24, 2.45) is 0 Å². The molecule has 1 aromatic carbocycles. The molecular formula is C21H19ClN2O3S3. The normalized spacial score (nSPS) is 10.5. The molecule has 0 spiro atoms. The van der Waals surface area contributed by atoms with Crippen molar-refractivity contribution in [2.75, 3.05) is 11.9 Å². The fourth-order valence-electron chi connectivity index (χ4n) is 2.81. The Morgan fingerprint density at radius 1 is 1.17 bits per heavy atom. The van der Waals surface area contributed by atoms with Crippen molar-refractivity contribution in [3.63, 3.8) is 0 Å². The largest absolute Gasteiger partial charge is 0.462 e. The van der Waals surface area contributed by atoms with E-state index >= 15 is 0 Å². The number of thiocarbonyl (C=S) groups is 1. The van der Waals surface area contributed by atoms with Crippen molar-refractivity contribution < 1.29 is 14.3 Å². The number of amides is 1. The number of carbonyl (C=O) groups excluding carboxylic acids is 2. The van der Waals surface area contributed by atoms with Crippen LogP contribution < -0.4 is 10.6 Å². The lowest BCUT2D eigenvalue weighted by atomic mass is 10.1. The van der Waals surface area contributed by atoms with Gasteiger partial charge in [0.1, 0.15) is 10.6 Å². The zero-order valence-corrected chi connectivity index (χ0v) is 19.5. The quantitative estimate of drug-likeness (QED) is 0.336. The number of carbonyl (C=O) groups is 2. The van der Waals surface area contributed by atoms with Gasteiger partial charge in [-0.3, -0.25) is 10.1 Å². The number of hydrogen-bond donors (Lipinski definition) is 2. The summed E-state index contributed by atoms with van der Waals surface area (Å²) in [6.45, 7) is 4.05. The molecular weight excluding hydrogens is 460 g/mol. The van der Waals surface area contributed by atoms with Gasteiger partial charge in [-0.2, -0.15) is 0 Å². The molecule has 0 saturated carbocycles.